The Kier molecular flexibility index (Phi) is 7.57. The minimum atomic E-state index is -2.95. The zero-order chi connectivity index (χ0) is 24.5. The fourth-order valence-electron chi connectivity index (χ4n) is 5.36. The van der Waals surface area contributed by atoms with Crippen LogP contribution in [0.5, 0.6) is 0 Å². The Bertz CT molecular complexity index is 875. The molecule has 2 atom stereocenters. The van der Waals surface area contributed by atoms with E-state index in [0.29, 0.717) is 18.7 Å². The van der Waals surface area contributed by atoms with Crippen molar-refractivity contribution in [3.8, 4) is 0 Å². The largest absolute Gasteiger partial charge is 0.379 e. The molecule has 0 radical (unpaired) electrons. The van der Waals surface area contributed by atoms with E-state index in [2.05, 4.69) is 27.0 Å². The van der Waals surface area contributed by atoms with E-state index in [1.54, 1.807) is 11.8 Å². The highest BCUT2D eigenvalue weighted by atomic mass is 19.3. The Morgan fingerprint density at radius 1 is 1.32 bits per heavy atom. The Hall–Kier alpha value is -1.68. The number of pyridine rings is 1. The molecule has 2 saturated heterocycles. The number of morpholine rings is 1. The van der Waals surface area contributed by atoms with Crippen LogP contribution < -0.4 is 10.2 Å². The van der Waals surface area contributed by atoms with Crippen molar-refractivity contribution in [3.05, 3.63) is 23.5 Å². The molecule has 0 aromatic carbocycles. The summed E-state index contributed by atoms with van der Waals surface area (Å²) >= 11 is 0. The van der Waals surface area contributed by atoms with Gasteiger partial charge in [0.2, 0.25) is 5.91 Å². The lowest BCUT2D eigenvalue weighted by Gasteiger charge is -2.42. The van der Waals surface area contributed by atoms with Gasteiger partial charge in [0.25, 0.3) is 5.92 Å². The van der Waals surface area contributed by atoms with Gasteiger partial charge in [-0.25, -0.2) is 8.78 Å². The molecule has 9 heteroatoms. The second-order valence-electron chi connectivity index (χ2n) is 10.7. The highest BCUT2D eigenvalue weighted by Crippen LogP contribution is 2.42. The number of carbonyl (C=O) groups excluding carboxylic acids is 1. The summed E-state index contributed by atoms with van der Waals surface area (Å²) in [7, 11) is 0. The van der Waals surface area contributed by atoms with Crippen molar-refractivity contribution in [1.82, 2.24) is 20.1 Å². The first-order valence-corrected chi connectivity index (χ1v) is 12.6. The number of halogens is 2. The number of hydrogen-bond acceptors (Lipinski definition) is 6. The number of anilines is 1. The van der Waals surface area contributed by atoms with Crippen LogP contribution in [0.1, 0.15) is 51.8 Å². The molecule has 34 heavy (non-hydrogen) atoms. The normalized spacial score (nSPS) is 26.0. The van der Waals surface area contributed by atoms with Crippen LogP contribution in [-0.4, -0.2) is 91.8 Å². The monoisotopic (exact) mass is 479 g/mol. The number of carbonyl (C=O) groups is 1. The van der Waals surface area contributed by atoms with Gasteiger partial charge >= 0.3 is 0 Å². The molecule has 2 fully saturated rings. The van der Waals surface area contributed by atoms with E-state index in [1.807, 2.05) is 13.8 Å². The van der Waals surface area contributed by atoms with Crippen molar-refractivity contribution < 1.29 is 18.3 Å². The fraction of sp³-hybridized carbons (Fsp3) is 0.760. The SMILES string of the molecule is CCCC(F)(F)c1cnc2c(c1)N(C(=O)CN1C[C@@H](C)NC[C@@H]1CN1CCOCC1)CC2(C)C. The predicted octanol–water partition coefficient (Wildman–Crippen LogP) is 2.59. The summed E-state index contributed by atoms with van der Waals surface area (Å²) in [4.78, 5) is 24.4. The highest BCUT2D eigenvalue weighted by Gasteiger charge is 2.42. The number of hydrogen-bond donors (Lipinski definition) is 1. The third-order valence-electron chi connectivity index (χ3n) is 7.28. The predicted molar refractivity (Wildman–Crippen MR) is 129 cm³/mol. The van der Waals surface area contributed by atoms with Crippen molar-refractivity contribution in [2.24, 2.45) is 0 Å². The van der Waals surface area contributed by atoms with Gasteiger partial charge in [0.05, 0.1) is 31.1 Å². The van der Waals surface area contributed by atoms with Crippen LogP contribution in [0.2, 0.25) is 0 Å². The van der Waals surface area contributed by atoms with Crippen LogP contribution in [0.25, 0.3) is 0 Å². The number of ether oxygens (including phenoxy) is 1. The van der Waals surface area contributed by atoms with E-state index in [9.17, 15) is 13.6 Å². The number of rotatable bonds is 7. The quantitative estimate of drug-likeness (QED) is 0.649. The first-order valence-electron chi connectivity index (χ1n) is 12.6. The maximum atomic E-state index is 14.7. The van der Waals surface area contributed by atoms with E-state index in [0.717, 1.165) is 51.6 Å². The van der Waals surface area contributed by atoms with Crippen LogP contribution in [0.3, 0.4) is 0 Å². The van der Waals surface area contributed by atoms with Crippen LogP contribution in [0, 0.1) is 0 Å². The molecule has 3 aliphatic heterocycles. The molecule has 1 N–H and O–H groups in total. The van der Waals surface area contributed by atoms with Crippen molar-refractivity contribution in [3.63, 3.8) is 0 Å². The smallest absolute Gasteiger partial charge is 0.274 e. The second-order valence-corrected chi connectivity index (χ2v) is 10.7. The van der Waals surface area contributed by atoms with Crippen molar-refractivity contribution in [2.45, 2.75) is 64.0 Å². The summed E-state index contributed by atoms with van der Waals surface area (Å²) in [5.74, 6) is -3.00. The number of piperazine rings is 1. The van der Waals surface area contributed by atoms with Crippen LogP contribution in [-0.2, 0) is 20.9 Å². The molecule has 3 aliphatic rings. The molecule has 190 valence electrons. The Labute approximate surface area is 201 Å². The molecule has 1 aromatic rings. The highest BCUT2D eigenvalue weighted by molar-refractivity contribution is 5.97. The maximum absolute atomic E-state index is 14.7. The third-order valence-corrected chi connectivity index (χ3v) is 7.28. The summed E-state index contributed by atoms with van der Waals surface area (Å²) in [5, 5.41) is 3.54. The number of alkyl halides is 2. The third kappa shape index (κ3) is 5.42. The molecule has 0 bridgehead atoms. The molecule has 0 aliphatic carbocycles. The Morgan fingerprint density at radius 3 is 2.76 bits per heavy atom. The molecular weight excluding hydrogens is 440 g/mol. The van der Waals surface area contributed by atoms with Gasteiger partial charge in [-0.3, -0.25) is 19.6 Å². The summed E-state index contributed by atoms with van der Waals surface area (Å²) in [6.07, 6.45) is 1.44. The lowest BCUT2D eigenvalue weighted by atomic mass is 9.91. The van der Waals surface area contributed by atoms with E-state index in [4.69, 9.17) is 4.74 Å². The van der Waals surface area contributed by atoms with Crippen LogP contribution in [0.4, 0.5) is 14.5 Å². The van der Waals surface area contributed by atoms with Gasteiger partial charge in [-0.15, -0.1) is 0 Å². The first-order chi connectivity index (χ1) is 16.1. The zero-order valence-electron chi connectivity index (χ0n) is 20.9. The minimum Gasteiger partial charge on any atom is -0.379 e. The summed E-state index contributed by atoms with van der Waals surface area (Å²) < 4.78 is 34.8. The number of aromatic nitrogens is 1. The average molecular weight is 480 g/mol. The first kappa shape index (κ1) is 25.4. The van der Waals surface area contributed by atoms with Crippen LogP contribution in [0.15, 0.2) is 12.3 Å². The van der Waals surface area contributed by atoms with Gasteiger partial charge in [-0.2, -0.15) is 0 Å². The second kappa shape index (κ2) is 10.1. The number of amides is 1. The van der Waals surface area contributed by atoms with Crippen molar-refractivity contribution in [2.75, 3.05) is 63.9 Å². The molecule has 0 spiro atoms. The van der Waals surface area contributed by atoms with E-state index < -0.39 is 5.92 Å². The molecule has 1 amide bonds. The Morgan fingerprint density at radius 2 is 2.06 bits per heavy atom. The standard InChI is InChI=1S/C25H39F2N5O2/c1-5-6-25(26,27)19-11-21-23(29-12-19)24(3,4)17-32(21)22(33)16-31-14-18(2)28-13-20(31)15-30-7-9-34-10-8-30/h11-12,18,20,28H,5-10,13-17H2,1-4H3/t18-,20-/m1/s1. The topological polar surface area (TPSA) is 60.9 Å². The van der Waals surface area contributed by atoms with Gasteiger partial charge in [-0.05, 0) is 13.0 Å². The van der Waals surface area contributed by atoms with Gasteiger partial charge in [0.1, 0.15) is 0 Å². The molecule has 4 heterocycles. The van der Waals surface area contributed by atoms with E-state index >= 15 is 0 Å². The molecular formula is C25H39F2N5O2. The Balaban J connectivity index is 1.53. The zero-order valence-corrected chi connectivity index (χ0v) is 20.9. The van der Waals surface area contributed by atoms with Crippen LogP contribution >= 0.6 is 0 Å². The summed E-state index contributed by atoms with van der Waals surface area (Å²) in [5.41, 5.74) is 0.768. The fourth-order valence-corrected chi connectivity index (χ4v) is 5.36. The number of nitrogens with one attached hydrogen (secondary N) is 1. The maximum Gasteiger partial charge on any atom is 0.274 e. The van der Waals surface area contributed by atoms with Gasteiger partial charge in [0, 0.05) is 74.9 Å². The molecule has 0 unspecified atom stereocenters. The van der Waals surface area contributed by atoms with Crippen molar-refractivity contribution >= 4 is 11.6 Å². The molecule has 7 nitrogen and oxygen atoms in total. The lowest BCUT2D eigenvalue weighted by molar-refractivity contribution is -0.121. The van der Waals surface area contributed by atoms with Gasteiger partial charge in [0.15, 0.2) is 0 Å². The molecule has 1 aromatic heterocycles. The van der Waals surface area contributed by atoms with E-state index in [1.165, 1.54) is 12.3 Å². The average Bonchev–Trinajstić information content (AvgIpc) is 3.07. The van der Waals surface area contributed by atoms with Crippen molar-refractivity contribution in [1.29, 1.82) is 0 Å². The van der Waals surface area contributed by atoms with E-state index in [-0.39, 0.29) is 41.9 Å². The minimum absolute atomic E-state index is 0.0503. The molecule has 4 rings (SSSR count). The summed E-state index contributed by atoms with van der Waals surface area (Å²) in [6.45, 7) is 14.4. The molecule has 0 saturated carbocycles. The number of nitrogens with zero attached hydrogens (tertiary/aromatic N) is 4. The van der Waals surface area contributed by atoms with Gasteiger partial charge < -0.3 is 15.0 Å². The number of fused-ring (bicyclic) bond motifs is 1. The summed E-state index contributed by atoms with van der Waals surface area (Å²) in [6, 6.07) is 2.00. The van der Waals surface area contributed by atoms with Gasteiger partial charge in [-0.1, -0.05) is 27.2 Å². The lowest BCUT2D eigenvalue weighted by Crippen LogP contribution is -2.61.